The van der Waals surface area contributed by atoms with Gasteiger partial charge in [-0.1, -0.05) is 121 Å². The number of carbonyl (C=O) groups excluding carboxylic acids is 6. The zero-order valence-electron chi connectivity index (χ0n) is 35.0. The van der Waals surface area contributed by atoms with Crippen LogP contribution in [0.1, 0.15) is 95.5 Å². The van der Waals surface area contributed by atoms with Gasteiger partial charge in [-0.25, -0.2) is 0 Å². The minimum atomic E-state index is -0.539. The van der Waals surface area contributed by atoms with E-state index < -0.39 is 34.9 Å². The molecule has 66 heavy (non-hydrogen) atoms. The highest BCUT2D eigenvalue weighted by Gasteiger charge is 2.39. The molecular formula is C56H36N2O8. The summed E-state index contributed by atoms with van der Waals surface area (Å²) in [6.45, 7) is 0.687. The standard InChI is InChI=1S/C56H36N2O8/c59-51-41-15-7-9-17-43(41)53(61)49-45(57-55(63)35-19-23-37(24-20-35)65-31-33-11-3-1-4-12-33)29-27-39(47(49)51)40-28-30-46(50-48(40)52(60)42-16-8-10-18-44(42)54(50)62)58-56(64)36-21-25-38(26-22-36)66-32-34-13-5-2-6-14-34/h1-30H,31-32H2,(H,57,63)(H,58,64). The summed E-state index contributed by atoms with van der Waals surface area (Å²) < 4.78 is 11.8. The van der Waals surface area contributed by atoms with Crippen LogP contribution < -0.4 is 20.1 Å². The van der Waals surface area contributed by atoms with Crippen LogP contribution in [0, 0.1) is 0 Å². The first-order chi connectivity index (χ1) is 32.2. The Morgan fingerprint density at radius 1 is 0.333 bits per heavy atom. The zero-order chi connectivity index (χ0) is 45.3. The van der Waals surface area contributed by atoms with Crippen LogP contribution in [0.2, 0.25) is 0 Å². The van der Waals surface area contributed by atoms with E-state index in [0.29, 0.717) is 24.7 Å². The first-order valence-electron chi connectivity index (χ1n) is 21.1. The molecule has 0 bridgehead atoms. The first kappa shape index (κ1) is 41.0. The summed E-state index contributed by atoms with van der Waals surface area (Å²) in [4.78, 5) is 86.0. The zero-order valence-corrected chi connectivity index (χ0v) is 35.0. The molecule has 0 atom stereocenters. The van der Waals surface area contributed by atoms with Gasteiger partial charge >= 0.3 is 0 Å². The Morgan fingerprint density at radius 3 is 1.00 bits per heavy atom. The summed E-state index contributed by atoms with van der Waals surface area (Å²) in [7, 11) is 0. The van der Waals surface area contributed by atoms with Crippen molar-refractivity contribution in [1.82, 2.24) is 0 Å². The molecule has 0 spiro atoms. The van der Waals surface area contributed by atoms with Crippen LogP contribution >= 0.6 is 0 Å². The number of fused-ring (bicyclic) bond motifs is 4. The van der Waals surface area contributed by atoms with Crippen LogP contribution in [-0.4, -0.2) is 34.9 Å². The van der Waals surface area contributed by atoms with E-state index in [-0.39, 0.29) is 78.1 Å². The van der Waals surface area contributed by atoms with E-state index in [9.17, 15) is 28.8 Å². The SMILES string of the molecule is O=C(Nc1ccc(-c2ccc(NC(=O)c3ccc(OCc4ccccc4)cc3)c3c2C(=O)c2ccccc2C3=O)c2c1C(=O)c1ccccc1C2=O)c1ccc(OCc2ccccc2)cc1. The summed E-state index contributed by atoms with van der Waals surface area (Å²) in [5.41, 5.74) is 3.44. The predicted octanol–water partition coefficient (Wildman–Crippen LogP) is 10.6. The summed E-state index contributed by atoms with van der Waals surface area (Å²) >= 11 is 0. The number of rotatable bonds is 11. The van der Waals surface area contributed by atoms with Gasteiger partial charge in [0.05, 0.1) is 22.5 Å². The van der Waals surface area contributed by atoms with Crippen molar-refractivity contribution in [3.63, 3.8) is 0 Å². The highest BCUT2D eigenvalue weighted by atomic mass is 16.5. The van der Waals surface area contributed by atoms with Gasteiger partial charge in [-0.3, -0.25) is 28.8 Å². The third-order valence-corrected chi connectivity index (χ3v) is 11.7. The van der Waals surface area contributed by atoms with Gasteiger partial charge in [0.15, 0.2) is 23.1 Å². The number of nitrogens with one attached hydrogen (secondary N) is 2. The molecule has 0 fully saturated rings. The summed E-state index contributed by atoms with van der Waals surface area (Å²) in [6, 6.07) is 51.4. The van der Waals surface area contributed by atoms with E-state index in [0.717, 1.165) is 11.1 Å². The Morgan fingerprint density at radius 2 is 0.652 bits per heavy atom. The molecule has 0 aliphatic heterocycles. The van der Waals surface area contributed by atoms with E-state index in [1.165, 1.54) is 12.1 Å². The average molecular weight is 865 g/mol. The largest absolute Gasteiger partial charge is 0.489 e. The molecule has 2 aliphatic rings. The smallest absolute Gasteiger partial charge is 0.255 e. The van der Waals surface area contributed by atoms with Crippen molar-refractivity contribution in [3.8, 4) is 22.6 Å². The number of ketones is 4. The Kier molecular flexibility index (Phi) is 10.7. The lowest BCUT2D eigenvalue weighted by Gasteiger charge is -2.26. The molecule has 10 rings (SSSR count). The second-order valence-corrected chi connectivity index (χ2v) is 15.7. The Hall–Kier alpha value is -9.02. The third kappa shape index (κ3) is 7.62. The van der Waals surface area contributed by atoms with E-state index in [1.807, 2.05) is 60.7 Å². The average Bonchev–Trinajstić information content (AvgIpc) is 3.36. The molecule has 0 unspecified atom stereocenters. The van der Waals surface area contributed by atoms with Crippen LogP contribution in [0.15, 0.2) is 182 Å². The van der Waals surface area contributed by atoms with Crippen molar-refractivity contribution in [2.75, 3.05) is 10.6 Å². The summed E-state index contributed by atoms with van der Waals surface area (Å²) in [5, 5.41) is 5.70. The van der Waals surface area contributed by atoms with Crippen molar-refractivity contribution >= 4 is 46.3 Å². The monoisotopic (exact) mass is 864 g/mol. The van der Waals surface area contributed by atoms with Gasteiger partial charge in [0, 0.05) is 44.5 Å². The molecule has 0 aromatic heterocycles. The topological polar surface area (TPSA) is 145 Å². The third-order valence-electron chi connectivity index (χ3n) is 11.7. The van der Waals surface area contributed by atoms with Crippen molar-refractivity contribution in [3.05, 3.63) is 249 Å². The van der Waals surface area contributed by atoms with Gasteiger partial charge in [-0.15, -0.1) is 0 Å². The molecule has 2 amide bonds. The molecule has 0 heterocycles. The molecular weight excluding hydrogens is 829 g/mol. The molecule has 2 N–H and O–H groups in total. The first-order valence-corrected chi connectivity index (χ1v) is 21.1. The quantitative estimate of drug-likeness (QED) is 0.131. The van der Waals surface area contributed by atoms with Crippen molar-refractivity contribution in [2.45, 2.75) is 13.2 Å². The van der Waals surface area contributed by atoms with Crippen LogP contribution in [0.25, 0.3) is 11.1 Å². The Balaban J connectivity index is 1.01. The normalized spacial score (nSPS) is 12.3. The highest BCUT2D eigenvalue weighted by Crippen LogP contribution is 2.44. The molecule has 318 valence electrons. The van der Waals surface area contributed by atoms with Crippen LogP contribution in [0.3, 0.4) is 0 Å². The molecule has 0 saturated heterocycles. The lowest BCUT2D eigenvalue weighted by atomic mass is 9.75. The number of anilines is 2. The maximum Gasteiger partial charge on any atom is 0.255 e. The number of hydrogen-bond acceptors (Lipinski definition) is 8. The van der Waals surface area contributed by atoms with Crippen molar-refractivity contribution in [2.24, 2.45) is 0 Å². The second-order valence-electron chi connectivity index (χ2n) is 15.7. The van der Waals surface area contributed by atoms with E-state index in [2.05, 4.69) is 10.6 Å². The summed E-state index contributed by atoms with van der Waals surface area (Å²) in [6.07, 6.45) is 0. The molecule has 0 saturated carbocycles. The Labute approximate surface area is 378 Å². The van der Waals surface area contributed by atoms with Gasteiger partial charge in [-0.2, -0.15) is 0 Å². The van der Waals surface area contributed by atoms with E-state index >= 15 is 0 Å². The Bertz CT molecular complexity index is 3070. The summed E-state index contributed by atoms with van der Waals surface area (Å²) in [5.74, 6) is -2.01. The van der Waals surface area contributed by atoms with Gasteiger partial charge in [0.2, 0.25) is 0 Å². The minimum Gasteiger partial charge on any atom is -0.489 e. The van der Waals surface area contributed by atoms with Crippen LogP contribution in [0.4, 0.5) is 11.4 Å². The minimum absolute atomic E-state index is 0.0474. The molecule has 10 heteroatoms. The molecule has 8 aromatic carbocycles. The van der Waals surface area contributed by atoms with E-state index in [4.69, 9.17) is 9.47 Å². The predicted molar refractivity (Wildman–Crippen MR) is 249 cm³/mol. The fraction of sp³-hybridized carbons (Fsp3) is 0.0357. The fourth-order valence-electron chi connectivity index (χ4n) is 8.38. The van der Waals surface area contributed by atoms with E-state index in [1.54, 1.807) is 109 Å². The molecule has 0 radical (unpaired) electrons. The number of benzene rings is 8. The lowest BCUT2D eigenvalue weighted by Crippen LogP contribution is -2.27. The van der Waals surface area contributed by atoms with Crippen LogP contribution in [0.5, 0.6) is 11.5 Å². The highest BCUT2D eigenvalue weighted by molar-refractivity contribution is 6.35. The van der Waals surface area contributed by atoms with Gasteiger partial charge in [0.1, 0.15) is 24.7 Å². The van der Waals surface area contributed by atoms with Gasteiger partial charge in [0.25, 0.3) is 11.8 Å². The number of carbonyl (C=O) groups is 6. The molecule has 10 nitrogen and oxygen atoms in total. The molecule has 2 aliphatic carbocycles. The second kappa shape index (κ2) is 17.3. The van der Waals surface area contributed by atoms with Gasteiger partial charge < -0.3 is 20.1 Å². The maximum absolute atomic E-state index is 14.7. The number of hydrogen-bond donors (Lipinski definition) is 2. The van der Waals surface area contributed by atoms with Crippen molar-refractivity contribution < 1.29 is 38.2 Å². The number of amides is 2. The van der Waals surface area contributed by atoms with Crippen molar-refractivity contribution in [1.29, 1.82) is 0 Å². The number of ether oxygens (including phenoxy) is 2. The lowest BCUT2D eigenvalue weighted by molar-refractivity contribution is 0.0977. The van der Waals surface area contributed by atoms with Crippen LogP contribution in [-0.2, 0) is 13.2 Å². The van der Waals surface area contributed by atoms with Gasteiger partial charge in [-0.05, 0) is 82.9 Å². The maximum atomic E-state index is 14.7. The molecule has 8 aromatic rings. The fourth-order valence-corrected chi connectivity index (χ4v) is 8.38.